The number of fused-ring (bicyclic) bond motifs is 1. The lowest BCUT2D eigenvalue weighted by Gasteiger charge is -2.34. The Morgan fingerprint density at radius 1 is 0.812 bits per heavy atom. The van der Waals surface area contributed by atoms with Gasteiger partial charge in [-0.2, -0.15) is 4.31 Å². The maximum absolute atomic E-state index is 13.1. The lowest BCUT2D eigenvalue weighted by atomic mass is 10.1. The van der Waals surface area contributed by atoms with Crippen molar-refractivity contribution in [3.8, 4) is 0 Å². The van der Waals surface area contributed by atoms with Gasteiger partial charge >= 0.3 is 0 Å². The molecule has 0 saturated carbocycles. The lowest BCUT2D eigenvalue weighted by Crippen LogP contribution is -2.50. The number of piperazine rings is 1. The van der Waals surface area contributed by atoms with Gasteiger partial charge < -0.3 is 10.2 Å². The molecule has 1 N–H and O–H groups in total. The minimum atomic E-state index is -3.62. The number of carbonyl (C=O) groups excluding carboxylic acids is 2. The number of hydrogen-bond donors (Lipinski definition) is 1. The molecule has 0 bridgehead atoms. The van der Waals surface area contributed by atoms with Crippen molar-refractivity contribution in [1.29, 1.82) is 0 Å². The standard InChI is InChI=1S/C24H25N3O4S/c28-23(12-13-25-24(29)20-7-2-1-3-8-20)26-14-16-27(17-15-26)32(30,31)22-11-10-19-6-4-5-9-21(19)18-22/h1-11,18H,12-17H2,(H,25,29). The van der Waals surface area contributed by atoms with Crippen LogP contribution in [0.5, 0.6) is 0 Å². The highest BCUT2D eigenvalue weighted by Crippen LogP contribution is 2.23. The topological polar surface area (TPSA) is 86.8 Å². The van der Waals surface area contributed by atoms with Crippen molar-refractivity contribution < 1.29 is 18.0 Å². The summed E-state index contributed by atoms with van der Waals surface area (Å²) in [5.41, 5.74) is 0.549. The highest BCUT2D eigenvalue weighted by molar-refractivity contribution is 7.89. The van der Waals surface area contributed by atoms with E-state index >= 15 is 0 Å². The van der Waals surface area contributed by atoms with Crippen molar-refractivity contribution in [2.75, 3.05) is 32.7 Å². The SMILES string of the molecule is O=C(NCCC(=O)N1CCN(S(=O)(=O)c2ccc3ccccc3c2)CC1)c1ccccc1. The molecule has 2 amide bonds. The third-order valence-corrected chi connectivity index (χ3v) is 7.51. The highest BCUT2D eigenvalue weighted by Gasteiger charge is 2.30. The Labute approximate surface area is 187 Å². The second-order valence-electron chi connectivity index (χ2n) is 7.67. The molecule has 166 valence electrons. The van der Waals surface area contributed by atoms with Crippen LogP contribution in [0.3, 0.4) is 0 Å². The van der Waals surface area contributed by atoms with Gasteiger partial charge in [0, 0.05) is 44.7 Å². The fourth-order valence-electron chi connectivity index (χ4n) is 3.79. The van der Waals surface area contributed by atoms with Crippen LogP contribution >= 0.6 is 0 Å². The minimum Gasteiger partial charge on any atom is -0.352 e. The van der Waals surface area contributed by atoms with Crippen molar-refractivity contribution in [1.82, 2.24) is 14.5 Å². The molecule has 1 aliphatic heterocycles. The molecule has 1 saturated heterocycles. The molecular formula is C24H25N3O4S. The van der Waals surface area contributed by atoms with E-state index in [4.69, 9.17) is 0 Å². The van der Waals surface area contributed by atoms with E-state index in [1.54, 1.807) is 41.3 Å². The molecule has 3 aromatic rings. The minimum absolute atomic E-state index is 0.0962. The number of rotatable bonds is 6. The van der Waals surface area contributed by atoms with E-state index in [9.17, 15) is 18.0 Å². The van der Waals surface area contributed by atoms with Gasteiger partial charge in [0.1, 0.15) is 0 Å². The zero-order valence-corrected chi connectivity index (χ0v) is 18.4. The highest BCUT2D eigenvalue weighted by atomic mass is 32.2. The average molecular weight is 452 g/mol. The summed E-state index contributed by atoms with van der Waals surface area (Å²) in [4.78, 5) is 26.5. The van der Waals surface area contributed by atoms with Gasteiger partial charge in [0.15, 0.2) is 0 Å². The molecule has 7 nitrogen and oxygen atoms in total. The normalized spacial score (nSPS) is 14.9. The van der Waals surface area contributed by atoms with Crippen LogP contribution in [0.15, 0.2) is 77.7 Å². The summed E-state index contributed by atoms with van der Waals surface area (Å²) in [6.45, 7) is 1.40. The van der Waals surface area contributed by atoms with Gasteiger partial charge in [-0.3, -0.25) is 9.59 Å². The zero-order valence-electron chi connectivity index (χ0n) is 17.6. The molecule has 0 aliphatic carbocycles. The van der Waals surface area contributed by atoms with Gasteiger partial charge in [-0.15, -0.1) is 0 Å². The van der Waals surface area contributed by atoms with Crippen LogP contribution in [-0.2, 0) is 14.8 Å². The molecule has 4 rings (SSSR count). The largest absolute Gasteiger partial charge is 0.352 e. The molecule has 32 heavy (non-hydrogen) atoms. The third-order valence-electron chi connectivity index (χ3n) is 5.61. The Balaban J connectivity index is 1.30. The molecular weight excluding hydrogens is 426 g/mol. The zero-order chi connectivity index (χ0) is 22.6. The Morgan fingerprint density at radius 3 is 2.19 bits per heavy atom. The summed E-state index contributed by atoms with van der Waals surface area (Å²) in [5.74, 6) is -0.314. The maximum Gasteiger partial charge on any atom is 0.251 e. The number of hydrogen-bond acceptors (Lipinski definition) is 4. The molecule has 8 heteroatoms. The molecule has 1 heterocycles. The Kier molecular flexibility index (Phi) is 6.53. The molecule has 3 aromatic carbocycles. The van der Waals surface area contributed by atoms with Crippen LogP contribution in [-0.4, -0.2) is 62.2 Å². The average Bonchev–Trinajstić information content (AvgIpc) is 2.84. The van der Waals surface area contributed by atoms with E-state index < -0.39 is 10.0 Å². The van der Waals surface area contributed by atoms with Gasteiger partial charge in [0.05, 0.1) is 4.90 Å². The van der Waals surface area contributed by atoms with Crippen LogP contribution in [0.4, 0.5) is 0 Å². The predicted octanol–water partition coefficient (Wildman–Crippen LogP) is 2.49. The fourth-order valence-corrected chi connectivity index (χ4v) is 5.25. The summed E-state index contributed by atoms with van der Waals surface area (Å²) in [5, 5.41) is 4.61. The van der Waals surface area contributed by atoms with Crippen molar-refractivity contribution in [2.45, 2.75) is 11.3 Å². The summed E-state index contributed by atoms with van der Waals surface area (Å²) in [6.07, 6.45) is 0.177. The van der Waals surface area contributed by atoms with Crippen LogP contribution in [0, 0.1) is 0 Å². The summed E-state index contributed by atoms with van der Waals surface area (Å²) in [7, 11) is -3.62. The van der Waals surface area contributed by atoms with Crippen molar-refractivity contribution >= 4 is 32.6 Å². The lowest BCUT2D eigenvalue weighted by molar-refractivity contribution is -0.132. The first-order valence-electron chi connectivity index (χ1n) is 10.5. The predicted molar refractivity (Wildman–Crippen MR) is 123 cm³/mol. The van der Waals surface area contributed by atoms with Crippen LogP contribution in [0.1, 0.15) is 16.8 Å². The van der Waals surface area contributed by atoms with Crippen molar-refractivity contribution in [2.24, 2.45) is 0 Å². The smallest absolute Gasteiger partial charge is 0.251 e. The first-order chi connectivity index (χ1) is 15.4. The number of sulfonamides is 1. The van der Waals surface area contributed by atoms with E-state index in [0.29, 0.717) is 18.7 Å². The number of benzene rings is 3. The van der Waals surface area contributed by atoms with Crippen molar-refractivity contribution in [3.05, 3.63) is 78.4 Å². The quantitative estimate of drug-likeness (QED) is 0.624. The monoisotopic (exact) mass is 451 g/mol. The summed E-state index contributed by atoms with van der Waals surface area (Å²) >= 11 is 0. The van der Waals surface area contributed by atoms with Gasteiger partial charge in [-0.25, -0.2) is 8.42 Å². The van der Waals surface area contributed by atoms with Gasteiger partial charge in [0.2, 0.25) is 15.9 Å². The number of carbonyl (C=O) groups is 2. The van der Waals surface area contributed by atoms with Crippen LogP contribution < -0.4 is 5.32 Å². The van der Waals surface area contributed by atoms with E-state index in [0.717, 1.165) is 10.8 Å². The molecule has 0 radical (unpaired) electrons. The number of nitrogens with one attached hydrogen (secondary N) is 1. The van der Waals surface area contributed by atoms with Gasteiger partial charge in [-0.05, 0) is 35.0 Å². The molecule has 0 spiro atoms. The Hall–Kier alpha value is -3.23. The molecule has 0 aromatic heterocycles. The first-order valence-corrected chi connectivity index (χ1v) is 12.0. The fraction of sp³-hybridized carbons (Fsp3) is 0.250. The van der Waals surface area contributed by atoms with Crippen LogP contribution in [0.2, 0.25) is 0 Å². The molecule has 0 atom stereocenters. The van der Waals surface area contributed by atoms with E-state index in [1.165, 1.54) is 4.31 Å². The van der Waals surface area contributed by atoms with Crippen LogP contribution in [0.25, 0.3) is 10.8 Å². The van der Waals surface area contributed by atoms with Gasteiger partial charge in [-0.1, -0.05) is 48.5 Å². The first kappa shape index (κ1) is 22.0. The Bertz CT molecular complexity index is 1220. The molecule has 1 aliphatic rings. The van der Waals surface area contributed by atoms with Gasteiger partial charge in [0.25, 0.3) is 5.91 Å². The molecule has 0 unspecified atom stereocenters. The van der Waals surface area contributed by atoms with E-state index in [1.807, 2.05) is 36.4 Å². The van der Waals surface area contributed by atoms with E-state index in [2.05, 4.69) is 5.32 Å². The van der Waals surface area contributed by atoms with E-state index in [-0.39, 0.29) is 42.8 Å². The third kappa shape index (κ3) is 4.81. The maximum atomic E-state index is 13.1. The second kappa shape index (κ2) is 9.50. The number of nitrogens with zero attached hydrogens (tertiary/aromatic N) is 2. The Morgan fingerprint density at radius 2 is 1.47 bits per heavy atom. The van der Waals surface area contributed by atoms with Crippen molar-refractivity contribution in [3.63, 3.8) is 0 Å². The second-order valence-corrected chi connectivity index (χ2v) is 9.60. The summed E-state index contributed by atoms with van der Waals surface area (Å²) in [6, 6.07) is 21.6. The molecule has 1 fully saturated rings. The number of amides is 2. The summed E-state index contributed by atoms with van der Waals surface area (Å²) < 4.78 is 27.6.